The molecule has 2 aromatic rings. The zero-order valence-electron chi connectivity index (χ0n) is 12.4. The molecule has 0 atom stereocenters. The van der Waals surface area contributed by atoms with Gasteiger partial charge in [-0.25, -0.2) is 4.79 Å². The lowest BCUT2D eigenvalue weighted by Gasteiger charge is -2.13. The van der Waals surface area contributed by atoms with Crippen LogP contribution in [0.5, 0.6) is 11.5 Å². The number of hydrogen-bond acceptors (Lipinski definition) is 3. The maximum atomic E-state index is 11.1. The van der Waals surface area contributed by atoms with Crippen LogP contribution in [0.2, 0.25) is 0 Å². The van der Waals surface area contributed by atoms with Crippen LogP contribution in [0.15, 0.2) is 40.9 Å². The van der Waals surface area contributed by atoms with E-state index in [2.05, 4.69) is 15.9 Å². The molecule has 0 aliphatic carbocycles. The normalized spacial score (nSPS) is 10.3. The molecule has 4 nitrogen and oxygen atoms in total. The van der Waals surface area contributed by atoms with E-state index in [9.17, 15) is 4.79 Å². The third-order valence-corrected chi connectivity index (χ3v) is 4.25. The first-order valence-electron chi connectivity index (χ1n) is 6.84. The number of carboxylic acids is 1. The van der Waals surface area contributed by atoms with Crippen LogP contribution in [0.4, 0.5) is 0 Å². The summed E-state index contributed by atoms with van der Waals surface area (Å²) in [6.07, 6.45) is 0. The van der Waals surface area contributed by atoms with Crippen LogP contribution >= 0.6 is 15.9 Å². The minimum absolute atomic E-state index is 0.151. The molecule has 0 heterocycles. The first-order chi connectivity index (χ1) is 10.5. The number of ether oxygens (including phenoxy) is 2. The molecule has 0 fully saturated rings. The van der Waals surface area contributed by atoms with Gasteiger partial charge in [-0.3, -0.25) is 0 Å². The van der Waals surface area contributed by atoms with Crippen LogP contribution in [0.3, 0.4) is 0 Å². The van der Waals surface area contributed by atoms with Crippen LogP contribution in [0, 0.1) is 13.8 Å². The second-order valence-electron chi connectivity index (χ2n) is 4.79. The lowest BCUT2D eigenvalue weighted by molar-refractivity contribution is 0.0691. The average molecular weight is 365 g/mol. The molecule has 0 aromatic heterocycles. The largest absolute Gasteiger partial charge is 0.490 e. The van der Waals surface area contributed by atoms with Crippen LogP contribution in [-0.4, -0.2) is 24.3 Å². The van der Waals surface area contributed by atoms with E-state index in [0.717, 1.165) is 21.3 Å². The topological polar surface area (TPSA) is 55.8 Å². The molecule has 0 aliphatic rings. The van der Waals surface area contributed by atoms with E-state index < -0.39 is 5.97 Å². The van der Waals surface area contributed by atoms with E-state index in [4.69, 9.17) is 14.6 Å². The minimum Gasteiger partial charge on any atom is -0.490 e. The molecule has 0 bridgehead atoms. The summed E-state index contributed by atoms with van der Waals surface area (Å²) in [7, 11) is 0. The second-order valence-corrected chi connectivity index (χ2v) is 5.65. The molecule has 0 saturated heterocycles. The second kappa shape index (κ2) is 7.31. The predicted octanol–water partition coefficient (Wildman–Crippen LogP) is 4.22. The molecule has 2 aromatic carbocycles. The first-order valence-corrected chi connectivity index (χ1v) is 7.63. The van der Waals surface area contributed by atoms with Gasteiger partial charge >= 0.3 is 5.97 Å². The summed E-state index contributed by atoms with van der Waals surface area (Å²) in [5.74, 6) is 0.147. The van der Waals surface area contributed by atoms with Gasteiger partial charge in [-0.15, -0.1) is 0 Å². The SMILES string of the molecule is Cc1c(Br)ccc(OCCOc2ccccc2C(=O)O)c1C. The Hall–Kier alpha value is -2.01. The van der Waals surface area contributed by atoms with Crippen molar-refractivity contribution in [2.24, 2.45) is 0 Å². The minimum atomic E-state index is -1.00. The number of carboxylic acid groups (broad SMARTS) is 1. The third kappa shape index (κ3) is 3.80. The van der Waals surface area contributed by atoms with Gasteiger partial charge in [0, 0.05) is 4.47 Å². The molecular weight excluding hydrogens is 348 g/mol. The molecule has 116 valence electrons. The predicted molar refractivity (Wildman–Crippen MR) is 88.0 cm³/mol. The molecular formula is C17H17BrO4. The molecule has 5 heteroatoms. The van der Waals surface area contributed by atoms with Crippen molar-refractivity contribution in [3.63, 3.8) is 0 Å². The van der Waals surface area contributed by atoms with E-state index >= 15 is 0 Å². The summed E-state index contributed by atoms with van der Waals surface area (Å²) in [6, 6.07) is 10.4. The van der Waals surface area contributed by atoms with Gasteiger partial charge in [0.25, 0.3) is 0 Å². The fraction of sp³-hybridized carbons (Fsp3) is 0.235. The first kappa shape index (κ1) is 16.4. The Morgan fingerprint density at radius 1 is 1.00 bits per heavy atom. The quantitative estimate of drug-likeness (QED) is 0.779. The number of hydrogen-bond donors (Lipinski definition) is 1. The number of carbonyl (C=O) groups is 1. The van der Waals surface area contributed by atoms with Gasteiger partial charge in [-0.05, 0) is 49.2 Å². The Morgan fingerprint density at radius 3 is 2.32 bits per heavy atom. The van der Waals surface area contributed by atoms with E-state index in [-0.39, 0.29) is 12.2 Å². The number of benzene rings is 2. The molecule has 0 radical (unpaired) electrons. The average Bonchev–Trinajstić information content (AvgIpc) is 2.51. The number of rotatable bonds is 6. The van der Waals surface area contributed by atoms with Gasteiger partial charge < -0.3 is 14.6 Å². The molecule has 0 aliphatic heterocycles. The van der Waals surface area contributed by atoms with Gasteiger partial charge in [0.1, 0.15) is 30.3 Å². The van der Waals surface area contributed by atoms with Gasteiger partial charge in [0.2, 0.25) is 0 Å². The molecule has 0 unspecified atom stereocenters. The lowest BCUT2D eigenvalue weighted by atomic mass is 10.1. The highest BCUT2D eigenvalue weighted by atomic mass is 79.9. The third-order valence-electron chi connectivity index (χ3n) is 3.39. The molecule has 0 amide bonds. The summed E-state index contributed by atoms with van der Waals surface area (Å²) in [6.45, 7) is 4.64. The fourth-order valence-corrected chi connectivity index (χ4v) is 2.42. The zero-order chi connectivity index (χ0) is 16.1. The maximum Gasteiger partial charge on any atom is 0.339 e. The molecule has 22 heavy (non-hydrogen) atoms. The number of halogens is 1. The van der Waals surface area contributed by atoms with E-state index in [1.54, 1.807) is 18.2 Å². The Kier molecular flexibility index (Phi) is 5.44. The highest BCUT2D eigenvalue weighted by Crippen LogP contribution is 2.27. The number of para-hydroxylation sites is 1. The Morgan fingerprint density at radius 2 is 1.64 bits per heavy atom. The monoisotopic (exact) mass is 364 g/mol. The highest BCUT2D eigenvalue weighted by molar-refractivity contribution is 9.10. The van der Waals surface area contributed by atoms with Crippen molar-refractivity contribution in [2.75, 3.05) is 13.2 Å². The van der Waals surface area contributed by atoms with Crippen LogP contribution < -0.4 is 9.47 Å². The van der Waals surface area contributed by atoms with Crippen molar-refractivity contribution in [3.05, 3.63) is 57.6 Å². The summed E-state index contributed by atoms with van der Waals surface area (Å²) >= 11 is 3.48. The van der Waals surface area contributed by atoms with Crippen molar-refractivity contribution in [3.8, 4) is 11.5 Å². The summed E-state index contributed by atoms with van der Waals surface area (Å²) in [4.78, 5) is 11.1. The summed E-state index contributed by atoms with van der Waals surface area (Å²) < 4.78 is 12.2. The zero-order valence-corrected chi connectivity index (χ0v) is 14.0. The van der Waals surface area contributed by atoms with Gasteiger partial charge in [-0.2, -0.15) is 0 Å². The Balaban J connectivity index is 1.93. The molecule has 0 saturated carbocycles. The van der Waals surface area contributed by atoms with Crippen LogP contribution in [0.1, 0.15) is 21.5 Å². The molecule has 0 spiro atoms. The van der Waals surface area contributed by atoms with Gasteiger partial charge in [0.15, 0.2) is 0 Å². The van der Waals surface area contributed by atoms with Crippen molar-refractivity contribution < 1.29 is 19.4 Å². The van der Waals surface area contributed by atoms with Crippen molar-refractivity contribution >= 4 is 21.9 Å². The Bertz CT molecular complexity index is 682. The fourth-order valence-electron chi connectivity index (χ4n) is 1.99. The lowest BCUT2D eigenvalue weighted by Crippen LogP contribution is -2.11. The van der Waals surface area contributed by atoms with Crippen molar-refractivity contribution in [1.29, 1.82) is 0 Å². The van der Waals surface area contributed by atoms with Crippen LogP contribution in [-0.2, 0) is 0 Å². The van der Waals surface area contributed by atoms with Crippen molar-refractivity contribution in [1.82, 2.24) is 0 Å². The van der Waals surface area contributed by atoms with Gasteiger partial charge in [-0.1, -0.05) is 28.1 Å². The van der Waals surface area contributed by atoms with E-state index in [1.165, 1.54) is 6.07 Å². The van der Waals surface area contributed by atoms with E-state index in [0.29, 0.717) is 12.4 Å². The van der Waals surface area contributed by atoms with Crippen molar-refractivity contribution in [2.45, 2.75) is 13.8 Å². The molecule has 1 N–H and O–H groups in total. The van der Waals surface area contributed by atoms with Crippen LogP contribution in [0.25, 0.3) is 0 Å². The highest BCUT2D eigenvalue weighted by Gasteiger charge is 2.10. The molecule has 2 rings (SSSR count). The van der Waals surface area contributed by atoms with E-state index in [1.807, 2.05) is 26.0 Å². The summed E-state index contributed by atoms with van der Waals surface area (Å²) in [5.41, 5.74) is 2.35. The standard InChI is InChI=1S/C17H17BrO4/c1-11-12(2)15(8-7-14(11)18)21-9-10-22-16-6-4-3-5-13(16)17(19)20/h3-8H,9-10H2,1-2H3,(H,19,20). The smallest absolute Gasteiger partial charge is 0.339 e. The summed E-state index contributed by atoms with van der Waals surface area (Å²) in [5, 5.41) is 9.08. The van der Waals surface area contributed by atoms with Gasteiger partial charge in [0.05, 0.1) is 0 Å². The number of aromatic carboxylic acids is 1. The Labute approximate surface area is 137 Å². The maximum absolute atomic E-state index is 11.1.